The minimum atomic E-state index is -0.763. The van der Waals surface area contributed by atoms with Gasteiger partial charge >= 0.3 is 5.97 Å². The lowest BCUT2D eigenvalue weighted by Crippen LogP contribution is -2.39. The summed E-state index contributed by atoms with van der Waals surface area (Å²) in [6, 6.07) is 14.4. The number of hydrogen-bond donors (Lipinski definition) is 0. The second-order valence-electron chi connectivity index (χ2n) is 8.92. The van der Waals surface area contributed by atoms with Gasteiger partial charge in [0.05, 0.1) is 45.5 Å². The van der Waals surface area contributed by atoms with Gasteiger partial charge in [0.2, 0.25) is 0 Å². The summed E-state index contributed by atoms with van der Waals surface area (Å²) in [7, 11) is 0. The molecule has 1 aliphatic heterocycles. The van der Waals surface area contributed by atoms with Crippen molar-refractivity contribution < 1.29 is 23.6 Å². The number of aromatic nitrogens is 1. The third-order valence-electron chi connectivity index (χ3n) is 6.35. The van der Waals surface area contributed by atoms with Crippen LogP contribution in [0.25, 0.3) is 17.4 Å². The molecule has 10 nitrogen and oxygen atoms in total. The zero-order valence-electron chi connectivity index (χ0n) is 22.3. The zero-order chi connectivity index (χ0) is 29.3. The van der Waals surface area contributed by atoms with Crippen molar-refractivity contribution in [1.82, 2.24) is 4.57 Å². The van der Waals surface area contributed by atoms with Crippen molar-refractivity contribution >= 4 is 45.0 Å². The number of nitrogens with zero attached hydrogens (tertiary/aromatic N) is 3. The molecule has 3 heterocycles. The first-order valence-corrected chi connectivity index (χ1v) is 14.3. The van der Waals surface area contributed by atoms with Gasteiger partial charge < -0.3 is 13.9 Å². The quantitative estimate of drug-likeness (QED) is 0.149. The van der Waals surface area contributed by atoms with E-state index in [2.05, 4.69) is 20.9 Å². The van der Waals surface area contributed by atoms with Crippen LogP contribution >= 0.6 is 27.3 Å². The van der Waals surface area contributed by atoms with Gasteiger partial charge in [-0.3, -0.25) is 19.5 Å². The van der Waals surface area contributed by atoms with Crippen LogP contribution in [-0.4, -0.2) is 28.7 Å². The fraction of sp³-hybridized carbons (Fsp3) is 0.207. The molecule has 1 atom stereocenters. The van der Waals surface area contributed by atoms with Crippen molar-refractivity contribution in [2.45, 2.75) is 26.8 Å². The maximum absolute atomic E-state index is 13.8. The third-order valence-corrected chi connectivity index (χ3v) is 7.82. The van der Waals surface area contributed by atoms with Crippen LogP contribution in [0.1, 0.15) is 38.1 Å². The lowest BCUT2D eigenvalue weighted by molar-refractivity contribution is -0.384. The van der Waals surface area contributed by atoms with Gasteiger partial charge in [-0.15, -0.1) is 0 Å². The SMILES string of the molecule is CCOC(=O)C1=C(C)N=c2s/c(=C\c3ccc(-c4ccc(Br)cc4[N+](=O)[O-])o3)c(=O)n2[C@@H]1c1ccc(OCC)cc1. The zero-order valence-corrected chi connectivity index (χ0v) is 24.7. The molecule has 5 rings (SSSR count). The number of fused-ring (bicyclic) bond motifs is 1. The first-order chi connectivity index (χ1) is 19.7. The minimum absolute atomic E-state index is 0.114. The Labute approximate surface area is 246 Å². The molecule has 0 unspecified atom stereocenters. The number of ether oxygens (including phenoxy) is 2. The summed E-state index contributed by atoms with van der Waals surface area (Å²) in [5.41, 5.74) is 1.26. The standard InChI is InChI=1S/C29H24BrN3O7S/c1-4-38-19-9-6-17(7-10-19)26-25(28(35)39-5-2)16(3)31-29-32(26)27(34)24(41-29)15-20-11-13-23(40-20)21-12-8-18(30)14-22(21)33(36)37/h6-15,26H,4-5H2,1-3H3/b24-15-/t26-/m1/s1. The lowest BCUT2D eigenvalue weighted by Gasteiger charge is -2.24. The van der Waals surface area contributed by atoms with E-state index in [1.165, 1.54) is 10.6 Å². The molecule has 0 spiro atoms. The van der Waals surface area contributed by atoms with E-state index in [1.54, 1.807) is 56.3 Å². The lowest BCUT2D eigenvalue weighted by atomic mass is 9.96. The van der Waals surface area contributed by atoms with Crippen LogP contribution in [-0.2, 0) is 9.53 Å². The molecule has 0 radical (unpaired) electrons. The van der Waals surface area contributed by atoms with E-state index in [-0.39, 0.29) is 29.2 Å². The second-order valence-corrected chi connectivity index (χ2v) is 10.8. The van der Waals surface area contributed by atoms with Gasteiger partial charge in [0.25, 0.3) is 11.2 Å². The Morgan fingerprint density at radius 3 is 2.61 bits per heavy atom. The summed E-state index contributed by atoms with van der Waals surface area (Å²) < 4.78 is 19.2. The number of carbonyl (C=O) groups excluding carboxylic acids is 1. The summed E-state index contributed by atoms with van der Waals surface area (Å²) in [4.78, 5) is 43.0. The highest BCUT2D eigenvalue weighted by Gasteiger charge is 2.33. The fourth-order valence-corrected chi connectivity index (χ4v) is 5.96. The molecule has 0 fully saturated rings. The van der Waals surface area contributed by atoms with Gasteiger partial charge in [0.1, 0.15) is 17.3 Å². The maximum atomic E-state index is 13.8. The Morgan fingerprint density at radius 1 is 1.17 bits per heavy atom. The van der Waals surface area contributed by atoms with Gasteiger partial charge in [-0.25, -0.2) is 9.79 Å². The topological polar surface area (TPSA) is 126 Å². The van der Waals surface area contributed by atoms with Crippen LogP contribution in [0.3, 0.4) is 0 Å². The summed E-state index contributed by atoms with van der Waals surface area (Å²) in [6.45, 7) is 6.00. The first-order valence-electron chi connectivity index (χ1n) is 12.7. The van der Waals surface area contributed by atoms with E-state index < -0.39 is 16.9 Å². The third kappa shape index (κ3) is 5.52. The van der Waals surface area contributed by atoms with Crippen molar-refractivity contribution in [1.29, 1.82) is 0 Å². The molecular weight excluding hydrogens is 614 g/mol. The Hall–Kier alpha value is -4.29. The number of esters is 1. The van der Waals surface area contributed by atoms with Crippen LogP contribution in [0.5, 0.6) is 5.75 Å². The first kappa shape index (κ1) is 28.2. The number of carbonyl (C=O) groups is 1. The van der Waals surface area contributed by atoms with Crippen LogP contribution in [0.4, 0.5) is 5.69 Å². The Kier molecular flexibility index (Phi) is 8.04. The summed E-state index contributed by atoms with van der Waals surface area (Å²) in [5, 5.41) is 11.6. The summed E-state index contributed by atoms with van der Waals surface area (Å²) >= 11 is 4.41. The molecule has 41 heavy (non-hydrogen) atoms. The Morgan fingerprint density at radius 2 is 1.93 bits per heavy atom. The molecule has 0 bridgehead atoms. The number of nitro groups is 1. The maximum Gasteiger partial charge on any atom is 0.338 e. The summed E-state index contributed by atoms with van der Waals surface area (Å²) in [6.07, 6.45) is 1.57. The number of rotatable bonds is 8. The number of hydrogen-bond acceptors (Lipinski definition) is 9. The number of halogens is 1. The predicted molar refractivity (Wildman–Crippen MR) is 157 cm³/mol. The van der Waals surface area contributed by atoms with E-state index in [9.17, 15) is 19.7 Å². The molecule has 0 saturated heterocycles. The fourth-order valence-electron chi connectivity index (χ4n) is 4.59. The number of furan rings is 1. The van der Waals surface area contributed by atoms with E-state index >= 15 is 0 Å². The van der Waals surface area contributed by atoms with Crippen LogP contribution in [0.2, 0.25) is 0 Å². The minimum Gasteiger partial charge on any atom is -0.494 e. The van der Waals surface area contributed by atoms with Gasteiger partial charge in [-0.05, 0) is 62.7 Å². The van der Waals surface area contributed by atoms with Crippen molar-refractivity contribution in [2.24, 2.45) is 4.99 Å². The monoisotopic (exact) mass is 637 g/mol. The molecule has 1 aliphatic rings. The van der Waals surface area contributed by atoms with E-state index in [0.717, 1.165) is 11.3 Å². The molecule has 0 saturated carbocycles. The number of nitro benzene ring substituents is 1. The van der Waals surface area contributed by atoms with Gasteiger partial charge in [-0.2, -0.15) is 0 Å². The average molecular weight is 638 g/mol. The van der Waals surface area contributed by atoms with Crippen molar-refractivity contribution in [2.75, 3.05) is 13.2 Å². The van der Waals surface area contributed by atoms with Crippen molar-refractivity contribution in [3.8, 4) is 17.1 Å². The Bertz CT molecular complexity index is 1870. The van der Waals surface area contributed by atoms with Gasteiger partial charge in [0, 0.05) is 16.6 Å². The number of thiazole rings is 1. The Balaban J connectivity index is 1.62. The van der Waals surface area contributed by atoms with Crippen LogP contribution in [0, 0.1) is 10.1 Å². The highest BCUT2D eigenvalue weighted by Crippen LogP contribution is 2.34. The molecule has 210 valence electrons. The molecule has 4 aromatic rings. The largest absolute Gasteiger partial charge is 0.494 e. The molecule has 2 aromatic carbocycles. The molecule has 0 amide bonds. The predicted octanol–water partition coefficient (Wildman–Crippen LogP) is 5.13. The van der Waals surface area contributed by atoms with Crippen molar-refractivity contribution in [3.05, 3.63) is 111 Å². The van der Waals surface area contributed by atoms with E-state index in [4.69, 9.17) is 13.9 Å². The molecular formula is C29H24BrN3O7S. The van der Waals surface area contributed by atoms with Gasteiger partial charge in [-0.1, -0.05) is 39.4 Å². The number of benzene rings is 2. The van der Waals surface area contributed by atoms with E-state index in [0.29, 0.717) is 48.7 Å². The normalized spacial score (nSPS) is 14.9. The summed E-state index contributed by atoms with van der Waals surface area (Å²) in [5.74, 6) is 0.743. The van der Waals surface area contributed by atoms with E-state index in [1.807, 2.05) is 19.1 Å². The highest BCUT2D eigenvalue weighted by atomic mass is 79.9. The highest BCUT2D eigenvalue weighted by molar-refractivity contribution is 9.10. The molecule has 2 aromatic heterocycles. The molecule has 0 aliphatic carbocycles. The van der Waals surface area contributed by atoms with Crippen LogP contribution in [0.15, 0.2) is 84.5 Å². The average Bonchev–Trinajstić information content (AvgIpc) is 3.52. The van der Waals surface area contributed by atoms with Gasteiger partial charge in [0.15, 0.2) is 4.80 Å². The number of allylic oxidation sites excluding steroid dienone is 1. The smallest absolute Gasteiger partial charge is 0.338 e. The second kappa shape index (κ2) is 11.7. The molecule has 12 heteroatoms. The molecule has 0 N–H and O–H groups in total. The van der Waals surface area contributed by atoms with Crippen LogP contribution < -0.4 is 19.6 Å². The van der Waals surface area contributed by atoms with Crippen molar-refractivity contribution in [3.63, 3.8) is 0 Å².